The number of hydrogen-bond donors (Lipinski definition) is 0. The van der Waals surface area contributed by atoms with E-state index in [1.165, 1.54) is 5.56 Å². The van der Waals surface area contributed by atoms with Gasteiger partial charge in [-0.2, -0.15) is 0 Å². The summed E-state index contributed by atoms with van der Waals surface area (Å²) in [5.74, 6) is 1.42. The Hall–Kier alpha value is -4.60. The molecule has 0 bridgehead atoms. The molecule has 8 nitrogen and oxygen atoms in total. The number of benzene rings is 3. The lowest BCUT2D eigenvalue weighted by Gasteiger charge is -2.18. The van der Waals surface area contributed by atoms with E-state index in [-0.39, 0.29) is 17.8 Å². The van der Waals surface area contributed by atoms with Crippen molar-refractivity contribution in [1.82, 2.24) is 9.47 Å². The van der Waals surface area contributed by atoms with Gasteiger partial charge in [0.15, 0.2) is 5.75 Å². The van der Waals surface area contributed by atoms with E-state index in [1.54, 1.807) is 38.7 Å². The Balaban J connectivity index is 1.68. The largest absolute Gasteiger partial charge is 0.514 e. The van der Waals surface area contributed by atoms with Crippen molar-refractivity contribution < 1.29 is 23.7 Å². The molecule has 5 rings (SSSR count). The lowest BCUT2D eigenvalue weighted by Crippen LogP contribution is -2.21. The minimum atomic E-state index is -0.914. The average Bonchev–Trinajstić information content (AvgIpc) is 3.40. The molecule has 0 aliphatic carbocycles. The number of aromatic nitrogens is 1. The number of rotatable bonds is 11. The van der Waals surface area contributed by atoms with Crippen molar-refractivity contribution in [3.63, 3.8) is 0 Å². The predicted octanol–water partition coefficient (Wildman–Crippen LogP) is 6.96. The van der Waals surface area contributed by atoms with Gasteiger partial charge < -0.3 is 23.5 Å². The number of nitrogens with zero attached hydrogens (tertiary/aromatic N) is 2. The Morgan fingerprint density at radius 3 is 2.14 bits per heavy atom. The highest BCUT2D eigenvalue weighted by Gasteiger charge is 2.24. The van der Waals surface area contributed by atoms with Crippen LogP contribution in [-0.2, 0) is 24.4 Å². The summed E-state index contributed by atoms with van der Waals surface area (Å²) in [6.45, 7) is 3.46. The van der Waals surface area contributed by atoms with E-state index >= 15 is 0 Å². The van der Waals surface area contributed by atoms with Gasteiger partial charge in [0.25, 0.3) is 0 Å². The second kappa shape index (κ2) is 13.6. The van der Waals surface area contributed by atoms with Crippen molar-refractivity contribution >= 4 is 27.7 Å². The molecule has 2 heterocycles. The van der Waals surface area contributed by atoms with Crippen LogP contribution >= 0.6 is 11.3 Å². The van der Waals surface area contributed by atoms with Crippen molar-refractivity contribution in [2.24, 2.45) is 0 Å². The molecule has 0 aliphatic heterocycles. The topological polar surface area (TPSA) is 79.2 Å². The molecule has 222 valence electrons. The highest BCUT2D eigenvalue weighted by Crippen LogP contribution is 2.40. The number of methoxy groups -OCH3 is 2. The summed E-state index contributed by atoms with van der Waals surface area (Å²) in [4.78, 5) is 30.4. The quantitative estimate of drug-likeness (QED) is 0.152. The maximum atomic E-state index is 14.1. The number of thiophene rings is 1. The van der Waals surface area contributed by atoms with Crippen LogP contribution in [-0.4, -0.2) is 43.5 Å². The monoisotopic (exact) mass is 598 g/mol. The zero-order valence-corrected chi connectivity index (χ0v) is 25.5. The molecule has 0 spiro atoms. The number of hydrogen-bond acceptors (Lipinski definition) is 8. The third kappa shape index (κ3) is 6.90. The maximum absolute atomic E-state index is 14.1. The highest BCUT2D eigenvalue weighted by atomic mass is 32.1. The van der Waals surface area contributed by atoms with E-state index in [2.05, 4.69) is 17.0 Å². The van der Waals surface area contributed by atoms with Gasteiger partial charge in [-0.1, -0.05) is 42.5 Å². The van der Waals surface area contributed by atoms with Crippen molar-refractivity contribution in [3.8, 4) is 27.7 Å². The average molecular weight is 599 g/mol. The lowest BCUT2D eigenvalue weighted by atomic mass is 10.1. The normalized spacial score (nSPS) is 11.1. The van der Waals surface area contributed by atoms with Crippen LogP contribution in [0.25, 0.3) is 20.7 Å². The molecule has 2 aromatic heterocycles. The second-order valence-corrected chi connectivity index (χ2v) is 11.1. The highest BCUT2D eigenvalue weighted by molar-refractivity contribution is 7.22. The standard InChI is InChI=1S/C34H34N2O6S/c1-5-41-34(38)42-29-22-36(20-24-11-15-26(39-3)16-12-24)33-30(31(29)37)28(21-35(2)19-23-9-7-6-8-10-23)32(43-33)25-13-17-27(40-4)18-14-25/h6-18,22H,5,19-21H2,1-4H3. The van der Waals surface area contributed by atoms with E-state index in [0.717, 1.165) is 37.9 Å². The summed E-state index contributed by atoms with van der Waals surface area (Å²) < 4.78 is 23.2. The fourth-order valence-corrected chi connectivity index (χ4v) is 6.26. The van der Waals surface area contributed by atoms with Crippen LogP contribution in [0, 0.1) is 0 Å². The third-order valence-electron chi connectivity index (χ3n) is 7.02. The number of carbonyl (C=O) groups is 1. The summed E-state index contributed by atoms with van der Waals surface area (Å²) in [6.07, 6.45) is 0.681. The van der Waals surface area contributed by atoms with Crippen LogP contribution < -0.4 is 19.6 Å². The number of carbonyl (C=O) groups excluding carboxylic acids is 1. The Bertz CT molecular complexity index is 1750. The molecule has 0 saturated carbocycles. The molecular weight excluding hydrogens is 564 g/mol. The summed E-state index contributed by atoms with van der Waals surface area (Å²) in [6, 6.07) is 25.8. The fourth-order valence-electron chi connectivity index (χ4n) is 4.97. The van der Waals surface area contributed by atoms with Gasteiger partial charge in [-0.05, 0) is 72.6 Å². The molecule has 0 amide bonds. The van der Waals surface area contributed by atoms with Gasteiger partial charge in [-0.15, -0.1) is 11.3 Å². The lowest BCUT2D eigenvalue weighted by molar-refractivity contribution is 0.104. The summed E-state index contributed by atoms with van der Waals surface area (Å²) in [5.41, 5.74) is 3.64. The Labute approximate surface area is 254 Å². The number of fused-ring (bicyclic) bond motifs is 1. The smallest absolute Gasteiger partial charge is 0.497 e. The molecule has 0 fully saturated rings. The molecule has 3 aromatic carbocycles. The Morgan fingerprint density at radius 2 is 1.51 bits per heavy atom. The fraction of sp³-hybridized carbons (Fsp3) is 0.235. The zero-order chi connectivity index (χ0) is 30.3. The minimum absolute atomic E-state index is 0.0782. The molecule has 0 aliphatic rings. The first-order chi connectivity index (χ1) is 20.9. The van der Waals surface area contributed by atoms with Crippen molar-refractivity contribution in [1.29, 1.82) is 0 Å². The van der Waals surface area contributed by atoms with Crippen molar-refractivity contribution in [2.75, 3.05) is 27.9 Å². The molecule has 0 atom stereocenters. The van der Waals surface area contributed by atoms with Crippen molar-refractivity contribution in [2.45, 2.75) is 26.6 Å². The summed E-state index contributed by atoms with van der Waals surface area (Å²) in [7, 11) is 5.29. The molecule has 0 radical (unpaired) electrons. The van der Waals surface area contributed by atoms with E-state index in [0.29, 0.717) is 25.0 Å². The Morgan fingerprint density at radius 1 is 0.860 bits per heavy atom. The third-order valence-corrected chi connectivity index (χ3v) is 8.33. The molecular formula is C34H34N2O6S. The molecule has 0 saturated heterocycles. The van der Waals surface area contributed by atoms with E-state index < -0.39 is 6.16 Å². The molecule has 5 aromatic rings. The predicted molar refractivity (Wildman–Crippen MR) is 169 cm³/mol. The molecule has 9 heteroatoms. The molecule has 43 heavy (non-hydrogen) atoms. The van der Waals surface area contributed by atoms with Gasteiger partial charge >= 0.3 is 6.16 Å². The first-order valence-electron chi connectivity index (χ1n) is 13.9. The van der Waals surface area contributed by atoms with Gasteiger partial charge in [0.2, 0.25) is 5.43 Å². The first kappa shape index (κ1) is 29.9. The second-order valence-electron chi connectivity index (χ2n) is 10.1. The molecule has 0 N–H and O–H groups in total. The summed E-state index contributed by atoms with van der Waals surface area (Å²) >= 11 is 1.54. The minimum Gasteiger partial charge on any atom is -0.497 e. The van der Waals surface area contributed by atoms with Crippen LogP contribution in [0.2, 0.25) is 0 Å². The van der Waals surface area contributed by atoms with Gasteiger partial charge in [0, 0.05) is 24.5 Å². The van der Waals surface area contributed by atoms with Gasteiger partial charge in [-0.3, -0.25) is 9.69 Å². The van der Waals surface area contributed by atoms with Crippen LogP contribution in [0.4, 0.5) is 4.79 Å². The van der Waals surface area contributed by atoms with Crippen LogP contribution in [0.5, 0.6) is 17.2 Å². The van der Waals surface area contributed by atoms with Gasteiger partial charge in [0.1, 0.15) is 16.3 Å². The van der Waals surface area contributed by atoms with E-state index in [4.69, 9.17) is 18.9 Å². The summed E-state index contributed by atoms with van der Waals surface area (Å²) in [5, 5.41) is 0.519. The molecule has 0 unspecified atom stereocenters. The van der Waals surface area contributed by atoms with Crippen LogP contribution in [0.3, 0.4) is 0 Å². The van der Waals surface area contributed by atoms with E-state index in [1.807, 2.05) is 78.3 Å². The van der Waals surface area contributed by atoms with Crippen molar-refractivity contribution in [3.05, 3.63) is 112 Å². The van der Waals surface area contributed by atoms with Gasteiger partial charge in [0.05, 0.1) is 32.4 Å². The number of ether oxygens (including phenoxy) is 4. The first-order valence-corrected chi connectivity index (χ1v) is 14.7. The zero-order valence-electron chi connectivity index (χ0n) is 24.7. The van der Waals surface area contributed by atoms with Crippen LogP contribution in [0.15, 0.2) is 89.9 Å². The van der Waals surface area contributed by atoms with Gasteiger partial charge in [-0.25, -0.2) is 4.79 Å². The van der Waals surface area contributed by atoms with E-state index in [9.17, 15) is 9.59 Å². The maximum Gasteiger partial charge on any atom is 0.514 e. The Kier molecular flexibility index (Phi) is 9.44. The number of pyridine rings is 1. The SMILES string of the molecule is CCOC(=O)Oc1cn(Cc2ccc(OC)cc2)c2sc(-c3ccc(OC)cc3)c(CN(C)Cc3ccccc3)c2c1=O. The van der Waals surface area contributed by atoms with Crippen LogP contribution in [0.1, 0.15) is 23.6 Å².